The van der Waals surface area contributed by atoms with Gasteiger partial charge in [-0.25, -0.2) is 4.99 Å². The lowest BCUT2D eigenvalue weighted by Crippen LogP contribution is -2.57. The van der Waals surface area contributed by atoms with Gasteiger partial charge in [0.1, 0.15) is 12.3 Å². The molecule has 6 heteroatoms. The molecule has 1 aliphatic rings. The lowest BCUT2D eigenvalue weighted by molar-refractivity contribution is -0.947. The van der Waals surface area contributed by atoms with Gasteiger partial charge in [-0.1, -0.05) is 38.8 Å². The van der Waals surface area contributed by atoms with Gasteiger partial charge in [0, 0.05) is 25.1 Å². The van der Waals surface area contributed by atoms with Gasteiger partial charge in [-0.15, -0.1) is 0 Å². The number of hydrogen-bond donors (Lipinski definition) is 1. The first-order chi connectivity index (χ1) is 13.5. The molecule has 2 unspecified atom stereocenters. The zero-order valence-electron chi connectivity index (χ0n) is 19.2. The molecule has 0 aromatic rings. The zero-order valence-corrected chi connectivity index (χ0v) is 19.2. The average Bonchev–Trinajstić information content (AvgIpc) is 2.65. The van der Waals surface area contributed by atoms with E-state index in [-0.39, 0.29) is 12.2 Å². The molecular formula is C23H40N3O3+. The predicted octanol–water partition coefficient (Wildman–Crippen LogP) is 4.86. The summed E-state index contributed by atoms with van der Waals surface area (Å²) in [6.45, 7) is 15.3. The summed E-state index contributed by atoms with van der Waals surface area (Å²) in [4.78, 5) is 16.5. The summed E-state index contributed by atoms with van der Waals surface area (Å²) < 4.78 is 12.1. The van der Waals surface area contributed by atoms with E-state index in [2.05, 4.69) is 31.6 Å². The molecule has 0 spiro atoms. The summed E-state index contributed by atoms with van der Waals surface area (Å²) in [7, 11) is 2.07. The van der Waals surface area contributed by atoms with Crippen molar-refractivity contribution in [3.8, 4) is 0 Å². The number of carbonyl (C=O) groups is 1. The Hall–Kier alpha value is -1.95. The van der Waals surface area contributed by atoms with Crippen molar-refractivity contribution in [2.45, 2.75) is 73.0 Å². The molecule has 0 saturated heterocycles. The van der Waals surface area contributed by atoms with Gasteiger partial charge in [0.25, 0.3) is 0 Å². The molecule has 1 heterocycles. The maximum atomic E-state index is 12.3. The second-order valence-electron chi connectivity index (χ2n) is 9.03. The highest BCUT2D eigenvalue weighted by Crippen LogP contribution is 2.25. The van der Waals surface area contributed by atoms with E-state index in [1.807, 2.05) is 27.7 Å². The Kier molecular flexibility index (Phi) is 9.77. The Balaban J connectivity index is 2.80. The zero-order chi connectivity index (χ0) is 22.1. The lowest BCUT2D eigenvalue weighted by atomic mass is 9.97. The van der Waals surface area contributed by atoms with Gasteiger partial charge in [-0.3, -0.25) is 14.7 Å². The number of quaternary nitrogens is 1. The second kappa shape index (κ2) is 11.3. The number of carbonyl (C=O) groups excluding carboxylic acids is 1. The fourth-order valence-electron chi connectivity index (χ4n) is 3.11. The highest BCUT2D eigenvalue weighted by atomic mass is 16.6. The Labute approximate surface area is 176 Å². The molecule has 164 valence electrons. The van der Waals surface area contributed by atoms with E-state index in [1.165, 1.54) is 19.0 Å². The van der Waals surface area contributed by atoms with Crippen molar-refractivity contribution < 1.29 is 18.8 Å². The molecule has 0 aromatic heterocycles. The van der Waals surface area contributed by atoms with Crippen LogP contribution in [-0.2, 0) is 14.3 Å². The van der Waals surface area contributed by atoms with Gasteiger partial charge in [-0.05, 0) is 27.2 Å². The van der Waals surface area contributed by atoms with Gasteiger partial charge >= 0.3 is 5.97 Å². The van der Waals surface area contributed by atoms with Crippen LogP contribution in [0.25, 0.3) is 0 Å². The van der Waals surface area contributed by atoms with Crippen molar-refractivity contribution in [2.24, 2.45) is 10.4 Å². The van der Waals surface area contributed by atoms with Crippen LogP contribution in [0.1, 0.15) is 66.7 Å². The Morgan fingerprint density at radius 3 is 2.66 bits per heavy atom. The van der Waals surface area contributed by atoms with Crippen LogP contribution < -0.4 is 0 Å². The number of esters is 1. The van der Waals surface area contributed by atoms with Crippen molar-refractivity contribution in [3.05, 3.63) is 24.4 Å². The second-order valence-corrected chi connectivity index (χ2v) is 9.03. The minimum Gasteiger partial charge on any atom is -0.476 e. The van der Waals surface area contributed by atoms with E-state index in [4.69, 9.17) is 14.9 Å². The van der Waals surface area contributed by atoms with E-state index < -0.39 is 5.41 Å². The molecule has 0 saturated carbocycles. The first kappa shape index (κ1) is 25.1. The van der Waals surface area contributed by atoms with Crippen LogP contribution in [0.2, 0.25) is 0 Å². The Bertz CT molecular complexity index is 646. The maximum Gasteiger partial charge on any atom is 0.315 e. The smallest absolute Gasteiger partial charge is 0.315 e. The number of hydrogen-bond acceptors (Lipinski definition) is 5. The van der Waals surface area contributed by atoms with Crippen LogP contribution in [0.4, 0.5) is 0 Å². The normalized spacial score (nSPS) is 21.2. The standard InChI is InChI=1S/C23H40N3O3/c1-8-10-11-12-16-28-21(25-9-2)20(24)19-14-13-15-26(7,17-19)18(3)29-22(27)23(4,5)6/h9,14,18,24H,2,8,10-13,15-17H2,1,3-7H3/q+1. The van der Waals surface area contributed by atoms with Crippen molar-refractivity contribution in [3.63, 3.8) is 0 Å². The van der Waals surface area contributed by atoms with E-state index in [9.17, 15) is 4.79 Å². The monoisotopic (exact) mass is 406 g/mol. The molecule has 0 aromatic carbocycles. The topological polar surface area (TPSA) is 71.7 Å². The molecule has 0 aliphatic carbocycles. The van der Waals surface area contributed by atoms with Crippen molar-refractivity contribution in [2.75, 3.05) is 26.7 Å². The lowest BCUT2D eigenvalue weighted by Gasteiger charge is -2.42. The molecular weight excluding hydrogens is 366 g/mol. The van der Waals surface area contributed by atoms with Gasteiger partial charge in [-0.2, -0.15) is 0 Å². The van der Waals surface area contributed by atoms with Crippen LogP contribution >= 0.6 is 0 Å². The van der Waals surface area contributed by atoms with Gasteiger partial charge < -0.3 is 9.47 Å². The third-order valence-electron chi connectivity index (χ3n) is 5.31. The minimum absolute atomic E-state index is 0.208. The van der Waals surface area contributed by atoms with Crippen LogP contribution in [0.3, 0.4) is 0 Å². The van der Waals surface area contributed by atoms with E-state index in [0.717, 1.165) is 31.4 Å². The molecule has 0 fully saturated rings. The highest BCUT2D eigenvalue weighted by molar-refractivity contribution is 6.44. The van der Waals surface area contributed by atoms with Crippen LogP contribution in [-0.4, -0.2) is 55.0 Å². The summed E-state index contributed by atoms with van der Waals surface area (Å²) in [6, 6.07) is 0. The van der Waals surface area contributed by atoms with Crippen molar-refractivity contribution >= 4 is 17.6 Å². The maximum absolute atomic E-state index is 12.3. The first-order valence-corrected chi connectivity index (χ1v) is 10.7. The van der Waals surface area contributed by atoms with E-state index in [1.54, 1.807) is 0 Å². The summed E-state index contributed by atoms with van der Waals surface area (Å²) in [6.07, 6.45) is 8.41. The number of rotatable bonds is 10. The average molecular weight is 407 g/mol. The minimum atomic E-state index is -0.538. The van der Waals surface area contributed by atoms with Gasteiger partial charge in [0.2, 0.25) is 12.1 Å². The largest absolute Gasteiger partial charge is 0.476 e. The molecule has 0 bridgehead atoms. The summed E-state index contributed by atoms with van der Waals surface area (Å²) in [5.74, 6) is 0.107. The molecule has 1 N–H and O–H groups in total. The number of nitrogens with zero attached hydrogens (tertiary/aromatic N) is 2. The van der Waals surface area contributed by atoms with Crippen LogP contribution in [0, 0.1) is 10.8 Å². The molecule has 1 rings (SSSR count). The number of nitrogens with one attached hydrogen (secondary N) is 1. The number of likely N-dealkylation sites (N-methyl/N-ethyl adjacent to an activating group) is 1. The van der Waals surface area contributed by atoms with E-state index >= 15 is 0 Å². The van der Waals surface area contributed by atoms with Crippen molar-refractivity contribution in [1.82, 2.24) is 0 Å². The first-order valence-electron chi connectivity index (χ1n) is 10.7. The van der Waals surface area contributed by atoms with Gasteiger partial charge in [0.05, 0.1) is 25.6 Å². The SMILES string of the molecule is C=CN=C(OCCCCCC)C(=N)C1=CCC[N+](C)(C(C)OC(=O)C(C)(C)C)C1. The summed E-state index contributed by atoms with van der Waals surface area (Å²) >= 11 is 0. The number of unbranched alkanes of at least 4 members (excludes halogenated alkanes) is 3. The summed E-state index contributed by atoms with van der Waals surface area (Å²) in [5, 5.41) is 8.63. The Morgan fingerprint density at radius 2 is 2.07 bits per heavy atom. The fourth-order valence-corrected chi connectivity index (χ4v) is 3.11. The third kappa shape index (κ3) is 7.77. The Morgan fingerprint density at radius 1 is 1.38 bits per heavy atom. The van der Waals surface area contributed by atoms with Gasteiger partial charge in [0.15, 0.2) is 0 Å². The van der Waals surface area contributed by atoms with Crippen LogP contribution in [0.15, 0.2) is 29.4 Å². The molecule has 6 nitrogen and oxygen atoms in total. The van der Waals surface area contributed by atoms with Crippen molar-refractivity contribution in [1.29, 1.82) is 5.41 Å². The molecule has 29 heavy (non-hydrogen) atoms. The predicted molar refractivity (Wildman–Crippen MR) is 119 cm³/mol. The highest BCUT2D eigenvalue weighted by Gasteiger charge is 2.38. The summed E-state index contributed by atoms with van der Waals surface area (Å²) in [5.41, 5.74) is 0.620. The fraction of sp³-hybridized carbons (Fsp3) is 0.696. The molecule has 1 aliphatic heterocycles. The van der Waals surface area contributed by atoms with Crippen LogP contribution in [0.5, 0.6) is 0 Å². The molecule has 0 amide bonds. The van der Waals surface area contributed by atoms with E-state index in [0.29, 0.717) is 29.2 Å². The molecule has 0 radical (unpaired) electrons. The number of ether oxygens (including phenoxy) is 2. The molecule has 2 atom stereocenters. The third-order valence-corrected chi connectivity index (χ3v) is 5.31. The quantitative estimate of drug-likeness (QED) is 0.185. The number of aliphatic imine (C=N–C) groups is 1.